The third-order valence-electron chi connectivity index (χ3n) is 2.75. The van der Waals surface area contributed by atoms with E-state index in [-0.39, 0.29) is 10.9 Å². The largest absolute Gasteiger partial charge is 0.493 e. The zero-order chi connectivity index (χ0) is 15.3. The van der Waals surface area contributed by atoms with Crippen molar-refractivity contribution in [3.05, 3.63) is 12.1 Å². The Hall–Kier alpha value is -2.02. The summed E-state index contributed by atoms with van der Waals surface area (Å²) in [5, 5.41) is 2.70. The number of carbonyl (C=O) groups excluding carboxylic acids is 1. The summed E-state index contributed by atoms with van der Waals surface area (Å²) < 4.78 is 15.6. The summed E-state index contributed by atoms with van der Waals surface area (Å²) in [4.78, 5) is 12.1. The minimum Gasteiger partial charge on any atom is -0.493 e. The third-order valence-corrected chi connectivity index (χ3v) is 3.11. The van der Waals surface area contributed by atoms with Crippen molar-refractivity contribution in [3.8, 4) is 17.2 Å². The number of amides is 1. The van der Waals surface area contributed by atoms with E-state index in [1.807, 2.05) is 0 Å². The van der Waals surface area contributed by atoms with Crippen LogP contribution < -0.4 is 25.3 Å². The molecule has 0 heterocycles. The molecule has 0 aliphatic carbocycles. The van der Waals surface area contributed by atoms with Gasteiger partial charge < -0.3 is 25.3 Å². The van der Waals surface area contributed by atoms with Crippen molar-refractivity contribution in [2.75, 3.05) is 26.6 Å². The van der Waals surface area contributed by atoms with Gasteiger partial charge >= 0.3 is 0 Å². The summed E-state index contributed by atoms with van der Waals surface area (Å²) >= 11 is 4.80. The van der Waals surface area contributed by atoms with Crippen LogP contribution in [0.4, 0.5) is 5.69 Å². The molecule has 1 aromatic rings. The van der Waals surface area contributed by atoms with Crippen molar-refractivity contribution >= 4 is 28.8 Å². The molecule has 0 aliphatic rings. The van der Waals surface area contributed by atoms with Gasteiger partial charge in [0.15, 0.2) is 11.5 Å². The number of hydrogen-bond acceptors (Lipinski definition) is 5. The molecule has 0 fully saturated rings. The average molecular weight is 298 g/mol. The molecule has 1 amide bonds. The summed E-state index contributed by atoms with van der Waals surface area (Å²) in [5.74, 6) is 0.488. The second-order valence-corrected chi connectivity index (χ2v) is 4.50. The fraction of sp³-hybridized carbons (Fsp3) is 0.385. The molecule has 3 N–H and O–H groups in total. The van der Waals surface area contributed by atoms with Crippen LogP contribution in [-0.4, -0.2) is 32.2 Å². The number of hydrogen-bond donors (Lipinski definition) is 2. The van der Waals surface area contributed by atoms with Crippen LogP contribution in [0.5, 0.6) is 17.2 Å². The maximum atomic E-state index is 11.9. The molecule has 0 spiro atoms. The molecule has 0 aliphatic heterocycles. The Morgan fingerprint density at radius 2 is 1.70 bits per heavy atom. The molecule has 7 heteroatoms. The van der Waals surface area contributed by atoms with Crippen LogP contribution in [-0.2, 0) is 4.79 Å². The lowest BCUT2D eigenvalue weighted by Gasteiger charge is -2.16. The predicted octanol–water partition coefficient (Wildman–Crippen LogP) is 1.57. The molecule has 0 saturated heterocycles. The van der Waals surface area contributed by atoms with E-state index >= 15 is 0 Å². The smallest absolute Gasteiger partial charge is 0.234 e. The molecule has 6 nitrogen and oxygen atoms in total. The highest BCUT2D eigenvalue weighted by molar-refractivity contribution is 7.80. The number of carbonyl (C=O) groups is 1. The number of methoxy groups -OCH3 is 3. The van der Waals surface area contributed by atoms with Gasteiger partial charge in [0.1, 0.15) is 0 Å². The first-order chi connectivity index (χ1) is 9.44. The Labute approximate surface area is 123 Å². The summed E-state index contributed by atoms with van der Waals surface area (Å²) in [6, 6.07) is 3.26. The summed E-state index contributed by atoms with van der Waals surface area (Å²) in [6.45, 7) is 1.63. The van der Waals surface area contributed by atoms with E-state index in [1.54, 1.807) is 19.1 Å². The molecule has 0 radical (unpaired) electrons. The number of rotatable bonds is 6. The minimum atomic E-state index is -0.566. The topological polar surface area (TPSA) is 82.8 Å². The number of anilines is 1. The number of thiocarbonyl (C=S) groups is 1. The van der Waals surface area contributed by atoms with Crippen LogP contribution in [0.25, 0.3) is 0 Å². The third kappa shape index (κ3) is 3.51. The molecular formula is C13H18N2O4S. The fourth-order valence-corrected chi connectivity index (χ4v) is 1.64. The monoisotopic (exact) mass is 298 g/mol. The van der Waals surface area contributed by atoms with E-state index in [9.17, 15) is 4.79 Å². The van der Waals surface area contributed by atoms with E-state index in [1.165, 1.54) is 21.3 Å². The van der Waals surface area contributed by atoms with Gasteiger partial charge in [-0.05, 0) is 6.92 Å². The van der Waals surface area contributed by atoms with Crippen molar-refractivity contribution < 1.29 is 19.0 Å². The Morgan fingerprint density at radius 3 is 2.05 bits per heavy atom. The Morgan fingerprint density at radius 1 is 1.20 bits per heavy atom. The van der Waals surface area contributed by atoms with E-state index in [0.29, 0.717) is 22.9 Å². The van der Waals surface area contributed by atoms with Crippen molar-refractivity contribution in [3.63, 3.8) is 0 Å². The van der Waals surface area contributed by atoms with Crippen LogP contribution >= 0.6 is 12.2 Å². The lowest BCUT2D eigenvalue weighted by molar-refractivity contribution is -0.117. The number of ether oxygens (including phenoxy) is 3. The number of nitrogens with two attached hydrogens (primary N) is 1. The van der Waals surface area contributed by atoms with Crippen LogP contribution in [0.1, 0.15) is 6.92 Å². The van der Waals surface area contributed by atoms with Gasteiger partial charge in [-0.25, -0.2) is 0 Å². The minimum absolute atomic E-state index is 0.134. The van der Waals surface area contributed by atoms with Crippen molar-refractivity contribution in [2.24, 2.45) is 11.7 Å². The zero-order valence-electron chi connectivity index (χ0n) is 11.9. The molecule has 1 aromatic carbocycles. The van der Waals surface area contributed by atoms with Gasteiger partial charge in [0.25, 0.3) is 0 Å². The molecule has 1 rings (SSSR count). The van der Waals surface area contributed by atoms with Gasteiger partial charge in [-0.1, -0.05) is 12.2 Å². The summed E-state index contributed by atoms with van der Waals surface area (Å²) in [5.41, 5.74) is 5.96. The standard InChI is InChI=1S/C13H18N2O4S/c1-7(12(14)20)13(16)15-8-5-9(17-2)11(19-4)10(6-8)18-3/h5-7H,1-4H3,(H2,14,20)(H,15,16). The lowest BCUT2D eigenvalue weighted by atomic mass is 10.1. The fourth-order valence-electron chi connectivity index (χ4n) is 1.53. The first-order valence-corrected chi connectivity index (χ1v) is 6.25. The van der Waals surface area contributed by atoms with Gasteiger partial charge in [-0.15, -0.1) is 0 Å². The zero-order valence-corrected chi connectivity index (χ0v) is 12.7. The van der Waals surface area contributed by atoms with E-state index in [0.717, 1.165) is 0 Å². The van der Waals surface area contributed by atoms with Gasteiger partial charge in [-0.3, -0.25) is 4.79 Å². The highest BCUT2D eigenvalue weighted by Gasteiger charge is 2.18. The molecule has 110 valence electrons. The number of nitrogens with one attached hydrogen (secondary N) is 1. The average Bonchev–Trinajstić information content (AvgIpc) is 2.44. The molecular weight excluding hydrogens is 280 g/mol. The summed E-state index contributed by atoms with van der Waals surface area (Å²) in [7, 11) is 4.51. The highest BCUT2D eigenvalue weighted by atomic mass is 32.1. The Balaban J connectivity index is 3.08. The first kappa shape index (κ1) is 16.0. The Kier molecular flexibility index (Phi) is 5.57. The van der Waals surface area contributed by atoms with Crippen LogP contribution in [0.2, 0.25) is 0 Å². The van der Waals surface area contributed by atoms with Gasteiger partial charge in [0, 0.05) is 17.8 Å². The Bertz CT molecular complexity index is 494. The molecule has 0 aromatic heterocycles. The second-order valence-electron chi connectivity index (χ2n) is 4.03. The van der Waals surface area contributed by atoms with Crippen LogP contribution in [0, 0.1) is 5.92 Å². The van der Waals surface area contributed by atoms with Gasteiger partial charge in [0.2, 0.25) is 11.7 Å². The quantitative estimate of drug-likeness (QED) is 0.776. The maximum absolute atomic E-state index is 11.9. The van der Waals surface area contributed by atoms with Crippen LogP contribution in [0.3, 0.4) is 0 Å². The summed E-state index contributed by atoms with van der Waals surface area (Å²) in [6.07, 6.45) is 0. The van der Waals surface area contributed by atoms with E-state index < -0.39 is 5.92 Å². The van der Waals surface area contributed by atoms with Crippen molar-refractivity contribution in [1.82, 2.24) is 0 Å². The van der Waals surface area contributed by atoms with E-state index in [2.05, 4.69) is 5.32 Å². The predicted molar refractivity (Wildman–Crippen MR) is 80.7 cm³/mol. The SMILES string of the molecule is COc1cc(NC(=O)C(C)C(N)=S)cc(OC)c1OC. The van der Waals surface area contributed by atoms with Crippen molar-refractivity contribution in [1.29, 1.82) is 0 Å². The normalized spacial score (nSPS) is 11.4. The first-order valence-electron chi connectivity index (χ1n) is 5.84. The second kappa shape index (κ2) is 6.95. The van der Waals surface area contributed by atoms with Crippen molar-refractivity contribution in [2.45, 2.75) is 6.92 Å². The number of benzene rings is 1. The van der Waals surface area contributed by atoms with Gasteiger partial charge in [-0.2, -0.15) is 0 Å². The molecule has 1 atom stereocenters. The van der Waals surface area contributed by atoms with Crippen LogP contribution in [0.15, 0.2) is 12.1 Å². The molecule has 0 bridgehead atoms. The van der Waals surface area contributed by atoms with E-state index in [4.69, 9.17) is 32.2 Å². The maximum Gasteiger partial charge on any atom is 0.234 e. The lowest BCUT2D eigenvalue weighted by Crippen LogP contribution is -2.30. The molecule has 20 heavy (non-hydrogen) atoms. The highest BCUT2D eigenvalue weighted by Crippen LogP contribution is 2.39. The molecule has 0 saturated carbocycles. The van der Waals surface area contributed by atoms with Gasteiger partial charge in [0.05, 0.1) is 32.2 Å². The molecule has 1 unspecified atom stereocenters.